The fourth-order valence-electron chi connectivity index (χ4n) is 1.85. The van der Waals surface area contributed by atoms with Gasteiger partial charge in [0.25, 0.3) is 0 Å². The van der Waals surface area contributed by atoms with E-state index in [2.05, 4.69) is 4.99 Å². The minimum Gasteiger partial charge on any atom is -0.497 e. The third-order valence-electron chi connectivity index (χ3n) is 2.82. The Kier molecular flexibility index (Phi) is 2.50. The van der Waals surface area contributed by atoms with Crippen molar-refractivity contribution in [1.29, 1.82) is 0 Å². The molecule has 1 aromatic carbocycles. The Balaban J connectivity index is 2.86. The highest BCUT2D eigenvalue weighted by molar-refractivity contribution is 5.95. The Labute approximate surface area is 93.2 Å². The van der Waals surface area contributed by atoms with Gasteiger partial charge < -0.3 is 9.30 Å². The zero-order valence-electron chi connectivity index (χ0n) is 9.44. The minimum absolute atomic E-state index is 0.659. The van der Waals surface area contributed by atoms with Crippen LogP contribution < -0.4 is 4.74 Å². The molecule has 82 valence electrons. The molecule has 2 aromatic rings. The van der Waals surface area contributed by atoms with Gasteiger partial charge in [-0.3, -0.25) is 0 Å². The monoisotopic (exact) mass is 216 g/mol. The summed E-state index contributed by atoms with van der Waals surface area (Å²) < 4.78 is 7.15. The smallest absolute Gasteiger partial charge is 0.240 e. The lowest BCUT2D eigenvalue weighted by Crippen LogP contribution is -1.89. The minimum atomic E-state index is 0.659. The number of benzene rings is 1. The topological polar surface area (TPSA) is 43.6 Å². The molecule has 0 unspecified atom stereocenters. The van der Waals surface area contributed by atoms with Crippen LogP contribution in [0.15, 0.2) is 23.2 Å². The maximum absolute atomic E-state index is 10.4. The maximum atomic E-state index is 10.4. The van der Waals surface area contributed by atoms with E-state index in [1.54, 1.807) is 13.2 Å². The van der Waals surface area contributed by atoms with Crippen molar-refractivity contribution >= 4 is 22.7 Å². The maximum Gasteiger partial charge on any atom is 0.240 e. The average molecular weight is 216 g/mol. The van der Waals surface area contributed by atoms with Crippen molar-refractivity contribution in [2.45, 2.75) is 6.92 Å². The average Bonchev–Trinajstić information content (AvgIpc) is 2.54. The van der Waals surface area contributed by atoms with Crippen molar-refractivity contribution < 1.29 is 9.53 Å². The molecule has 0 N–H and O–H groups in total. The highest BCUT2D eigenvalue weighted by Gasteiger charge is 2.11. The van der Waals surface area contributed by atoms with Crippen LogP contribution in [0.2, 0.25) is 0 Å². The van der Waals surface area contributed by atoms with Crippen molar-refractivity contribution in [3.8, 4) is 5.75 Å². The molecular formula is C12H12N2O2. The largest absolute Gasteiger partial charge is 0.497 e. The van der Waals surface area contributed by atoms with Crippen LogP contribution in [0.5, 0.6) is 5.75 Å². The van der Waals surface area contributed by atoms with Crippen LogP contribution in [0.1, 0.15) is 5.69 Å². The number of fused-ring (bicyclic) bond motifs is 1. The van der Waals surface area contributed by atoms with E-state index >= 15 is 0 Å². The molecule has 0 aliphatic heterocycles. The molecule has 16 heavy (non-hydrogen) atoms. The summed E-state index contributed by atoms with van der Waals surface area (Å²) in [4.78, 5) is 14.2. The number of aliphatic imine (C=N–C) groups is 1. The quantitative estimate of drug-likeness (QED) is 0.571. The number of isocyanates is 1. The van der Waals surface area contributed by atoms with Crippen molar-refractivity contribution in [1.82, 2.24) is 4.57 Å². The van der Waals surface area contributed by atoms with Crippen molar-refractivity contribution in [2.75, 3.05) is 7.11 Å². The Bertz CT molecular complexity index is 593. The molecule has 2 rings (SSSR count). The fourth-order valence-corrected chi connectivity index (χ4v) is 1.85. The molecule has 0 radical (unpaired) electrons. The van der Waals surface area contributed by atoms with Gasteiger partial charge in [-0.05, 0) is 25.1 Å². The van der Waals surface area contributed by atoms with Gasteiger partial charge in [0.15, 0.2) is 0 Å². The van der Waals surface area contributed by atoms with Gasteiger partial charge in [0, 0.05) is 18.1 Å². The van der Waals surface area contributed by atoms with Gasteiger partial charge in [-0.2, -0.15) is 4.99 Å². The van der Waals surface area contributed by atoms with E-state index < -0.39 is 0 Å². The molecule has 0 fully saturated rings. The first-order chi connectivity index (χ1) is 7.69. The van der Waals surface area contributed by atoms with E-state index in [-0.39, 0.29) is 0 Å². The Morgan fingerprint density at radius 1 is 1.44 bits per heavy atom. The van der Waals surface area contributed by atoms with Crippen LogP contribution in [-0.4, -0.2) is 17.8 Å². The second-order valence-corrected chi connectivity index (χ2v) is 3.58. The van der Waals surface area contributed by atoms with E-state index in [0.29, 0.717) is 5.69 Å². The summed E-state index contributed by atoms with van der Waals surface area (Å²) in [6.07, 6.45) is 1.59. The Morgan fingerprint density at radius 3 is 2.81 bits per heavy atom. The van der Waals surface area contributed by atoms with Crippen molar-refractivity contribution in [3.63, 3.8) is 0 Å². The predicted molar refractivity (Wildman–Crippen MR) is 62.0 cm³/mol. The standard InChI is InChI=1S/C12H12N2O2/c1-8-12(13-7-15)10-6-9(16-3)4-5-11(10)14(8)2/h4-6H,1-3H3. The molecule has 0 saturated heterocycles. The van der Waals surface area contributed by atoms with Crippen LogP contribution in [0.25, 0.3) is 10.9 Å². The molecule has 0 saturated carbocycles. The summed E-state index contributed by atoms with van der Waals surface area (Å²) in [5, 5.41) is 0.905. The highest BCUT2D eigenvalue weighted by Crippen LogP contribution is 2.34. The Hall–Kier alpha value is -2.06. The van der Waals surface area contributed by atoms with Crippen LogP contribution in [0.4, 0.5) is 5.69 Å². The zero-order chi connectivity index (χ0) is 11.7. The van der Waals surface area contributed by atoms with E-state index in [0.717, 1.165) is 22.3 Å². The van der Waals surface area contributed by atoms with Gasteiger partial charge in [-0.25, -0.2) is 4.79 Å². The molecule has 1 heterocycles. The fraction of sp³-hybridized carbons (Fsp3) is 0.250. The summed E-state index contributed by atoms with van der Waals surface area (Å²) in [5.41, 5.74) is 2.62. The number of rotatable bonds is 2. The molecule has 0 aliphatic rings. The van der Waals surface area contributed by atoms with Crippen molar-refractivity contribution in [3.05, 3.63) is 23.9 Å². The molecule has 0 amide bonds. The van der Waals surface area contributed by atoms with Crippen molar-refractivity contribution in [2.24, 2.45) is 12.0 Å². The number of carbonyl (C=O) groups excluding carboxylic acids is 1. The molecule has 0 spiro atoms. The first kappa shape index (κ1) is 10.5. The van der Waals surface area contributed by atoms with Crippen LogP contribution in [0.3, 0.4) is 0 Å². The lowest BCUT2D eigenvalue weighted by molar-refractivity contribution is 0.415. The molecular weight excluding hydrogens is 204 g/mol. The lowest BCUT2D eigenvalue weighted by atomic mass is 10.2. The highest BCUT2D eigenvalue weighted by atomic mass is 16.5. The summed E-state index contributed by atoms with van der Waals surface area (Å²) in [6, 6.07) is 5.71. The molecule has 0 aliphatic carbocycles. The summed E-state index contributed by atoms with van der Waals surface area (Å²) >= 11 is 0. The molecule has 4 heteroatoms. The van der Waals surface area contributed by atoms with E-state index in [9.17, 15) is 4.79 Å². The normalized spacial score (nSPS) is 10.2. The molecule has 1 aromatic heterocycles. The van der Waals surface area contributed by atoms with Crippen LogP contribution in [-0.2, 0) is 11.8 Å². The van der Waals surface area contributed by atoms with Gasteiger partial charge in [0.1, 0.15) is 11.4 Å². The third-order valence-corrected chi connectivity index (χ3v) is 2.82. The Morgan fingerprint density at radius 2 is 2.19 bits per heavy atom. The number of nitrogens with zero attached hydrogens (tertiary/aromatic N) is 2. The van der Waals surface area contributed by atoms with E-state index in [4.69, 9.17) is 4.74 Å². The number of hydrogen-bond acceptors (Lipinski definition) is 3. The third kappa shape index (κ3) is 1.40. The van der Waals surface area contributed by atoms with Crippen LogP contribution in [0, 0.1) is 6.92 Å². The van der Waals surface area contributed by atoms with E-state index in [1.165, 1.54) is 0 Å². The molecule has 0 atom stereocenters. The van der Waals surface area contributed by atoms with Gasteiger partial charge in [0.05, 0.1) is 12.6 Å². The van der Waals surface area contributed by atoms with Gasteiger partial charge in [-0.1, -0.05) is 0 Å². The number of ether oxygens (including phenoxy) is 1. The molecule has 4 nitrogen and oxygen atoms in total. The zero-order valence-corrected chi connectivity index (χ0v) is 9.44. The lowest BCUT2D eigenvalue weighted by Gasteiger charge is -2.00. The van der Waals surface area contributed by atoms with Gasteiger partial charge >= 0.3 is 0 Å². The molecule has 0 bridgehead atoms. The number of hydrogen-bond donors (Lipinski definition) is 0. The van der Waals surface area contributed by atoms with E-state index in [1.807, 2.05) is 36.7 Å². The first-order valence-electron chi connectivity index (χ1n) is 4.90. The first-order valence-corrected chi connectivity index (χ1v) is 4.90. The summed E-state index contributed by atoms with van der Waals surface area (Å²) in [7, 11) is 3.55. The predicted octanol–water partition coefficient (Wildman–Crippen LogP) is 2.46. The second kappa shape index (κ2) is 3.83. The number of methoxy groups -OCH3 is 1. The van der Waals surface area contributed by atoms with Gasteiger partial charge in [0.2, 0.25) is 6.08 Å². The summed E-state index contributed by atoms with van der Waals surface area (Å²) in [5.74, 6) is 0.750. The van der Waals surface area contributed by atoms with Crippen LogP contribution >= 0.6 is 0 Å². The SMILES string of the molecule is COc1ccc2c(c1)c(N=C=O)c(C)n2C. The summed E-state index contributed by atoms with van der Waals surface area (Å²) in [6.45, 7) is 1.92. The number of aromatic nitrogens is 1. The van der Waals surface area contributed by atoms with Gasteiger partial charge in [-0.15, -0.1) is 0 Å². The number of aryl methyl sites for hydroxylation is 1. The second-order valence-electron chi connectivity index (χ2n) is 3.58.